The van der Waals surface area contributed by atoms with Crippen LogP contribution in [0.1, 0.15) is 10.4 Å². The monoisotopic (exact) mass is 237 g/mol. The number of nitrogens with zero attached hydrogens (tertiary/aromatic N) is 1. The Morgan fingerprint density at radius 2 is 2.00 bits per heavy atom. The van der Waals surface area contributed by atoms with Crippen LogP contribution >= 0.6 is 0 Å². The molecule has 1 heterocycles. The molecule has 1 aromatic heterocycles. The molecule has 0 amide bonds. The van der Waals surface area contributed by atoms with Gasteiger partial charge < -0.3 is 4.74 Å². The Morgan fingerprint density at radius 3 is 2.78 bits per heavy atom. The Hall–Kier alpha value is -2.42. The van der Waals surface area contributed by atoms with Gasteiger partial charge in [0.05, 0.1) is 18.1 Å². The van der Waals surface area contributed by atoms with Crippen molar-refractivity contribution >= 4 is 28.1 Å². The quantitative estimate of drug-likeness (QED) is 0.507. The van der Waals surface area contributed by atoms with Crippen LogP contribution in [0, 0.1) is 0 Å². The summed E-state index contributed by atoms with van der Waals surface area (Å²) in [6.45, 7) is 0. The Labute approximate surface area is 104 Å². The number of ether oxygens (including phenoxy) is 1. The Morgan fingerprint density at radius 1 is 1.11 bits per heavy atom. The van der Waals surface area contributed by atoms with Crippen molar-refractivity contribution in [3.63, 3.8) is 0 Å². The fraction of sp³-hybridized carbons (Fsp3) is 0.0667. The molecule has 0 aliphatic rings. The topological polar surface area (TPSA) is 39.2 Å². The highest BCUT2D eigenvalue weighted by molar-refractivity contribution is 6.00. The number of pyridine rings is 1. The number of methoxy groups -OCH3 is 1. The lowest BCUT2D eigenvalue weighted by molar-refractivity contribution is 0.112. The van der Waals surface area contributed by atoms with E-state index in [1.165, 1.54) is 0 Å². The first kappa shape index (κ1) is 10.7. The fourth-order valence-corrected chi connectivity index (χ4v) is 2.09. The molecule has 3 aromatic rings. The van der Waals surface area contributed by atoms with Gasteiger partial charge in [0.1, 0.15) is 5.75 Å². The largest absolute Gasteiger partial charge is 0.497 e. The van der Waals surface area contributed by atoms with Crippen molar-refractivity contribution in [1.82, 2.24) is 4.98 Å². The van der Waals surface area contributed by atoms with Crippen molar-refractivity contribution in [2.75, 3.05) is 7.11 Å². The van der Waals surface area contributed by atoms with Crippen LogP contribution in [0.5, 0.6) is 5.75 Å². The molecule has 0 aliphatic heterocycles. The number of carbonyl (C=O) groups is 1. The number of aromatic nitrogens is 1. The minimum absolute atomic E-state index is 0.616. The van der Waals surface area contributed by atoms with Gasteiger partial charge in [-0.2, -0.15) is 0 Å². The van der Waals surface area contributed by atoms with E-state index in [1.807, 2.05) is 36.4 Å². The van der Waals surface area contributed by atoms with Crippen LogP contribution < -0.4 is 4.74 Å². The zero-order valence-corrected chi connectivity index (χ0v) is 9.88. The highest BCUT2D eigenvalue weighted by atomic mass is 16.5. The van der Waals surface area contributed by atoms with Crippen LogP contribution in [0.4, 0.5) is 0 Å². The van der Waals surface area contributed by atoms with E-state index in [4.69, 9.17) is 4.74 Å². The molecule has 3 rings (SSSR count). The van der Waals surface area contributed by atoms with Gasteiger partial charge in [0.25, 0.3) is 0 Å². The lowest BCUT2D eigenvalue weighted by Crippen LogP contribution is -1.89. The fourth-order valence-electron chi connectivity index (χ4n) is 2.09. The highest BCUT2D eigenvalue weighted by Crippen LogP contribution is 2.24. The van der Waals surface area contributed by atoms with Gasteiger partial charge in [0.2, 0.25) is 0 Å². The van der Waals surface area contributed by atoms with Crippen LogP contribution in [-0.4, -0.2) is 18.4 Å². The zero-order chi connectivity index (χ0) is 12.5. The number of carbonyl (C=O) groups excluding carboxylic acids is 1. The maximum atomic E-state index is 11.0. The molecule has 18 heavy (non-hydrogen) atoms. The molecule has 3 heteroatoms. The number of para-hydroxylation sites is 1. The average Bonchev–Trinajstić information content (AvgIpc) is 2.43. The normalized spacial score (nSPS) is 10.7. The van der Waals surface area contributed by atoms with Crippen molar-refractivity contribution in [2.45, 2.75) is 0 Å². The third-order valence-corrected chi connectivity index (χ3v) is 3.00. The lowest BCUT2D eigenvalue weighted by Gasteiger charge is -2.05. The first-order valence-electron chi connectivity index (χ1n) is 5.64. The number of fused-ring (bicyclic) bond motifs is 2. The molecular formula is C15H11NO2. The SMILES string of the molecule is COc1ccc2nc3c(C=O)cccc3cc2c1. The summed E-state index contributed by atoms with van der Waals surface area (Å²) in [5.74, 6) is 0.801. The summed E-state index contributed by atoms with van der Waals surface area (Å²) < 4.78 is 5.20. The van der Waals surface area contributed by atoms with Crippen LogP contribution in [0.25, 0.3) is 21.8 Å². The minimum atomic E-state index is 0.616. The van der Waals surface area contributed by atoms with Crippen molar-refractivity contribution in [1.29, 1.82) is 0 Å². The summed E-state index contributed by atoms with van der Waals surface area (Å²) in [4.78, 5) is 15.5. The van der Waals surface area contributed by atoms with E-state index in [0.717, 1.165) is 33.8 Å². The average molecular weight is 237 g/mol. The van der Waals surface area contributed by atoms with E-state index in [-0.39, 0.29) is 0 Å². The van der Waals surface area contributed by atoms with E-state index < -0.39 is 0 Å². The van der Waals surface area contributed by atoms with E-state index in [1.54, 1.807) is 13.2 Å². The van der Waals surface area contributed by atoms with E-state index >= 15 is 0 Å². The van der Waals surface area contributed by atoms with E-state index in [0.29, 0.717) is 5.56 Å². The Kier molecular flexibility index (Phi) is 2.45. The standard InChI is InChI=1S/C15H11NO2/c1-18-13-5-6-14-12(8-13)7-10-3-2-4-11(9-17)15(10)16-14/h2-9H,1H3. The van der Waals surface area contributed by atoms with Gasteiger partial charge in [-0.05, 0) is 30.3 Å². The van der Waals surface area contributed by atoms with E-state index in [9.17, 15) is 4.79 Å². The minimum Gasteiger partial charge on any atom is -0.497 e. The number of hydrogen-bond acceptors (Lipinski definition) is 3. The summed E-state index contributed by atoms with van der Waals surface area (Å²) >= 11 is 0. The van der Waals surface area contributed by atoms with Crippen molar-refractivity contribution in [3.8, 4) is 5.75 Å². The molecule has 0 atom stereocenters. The van der Waals surface area contributed by atoms with Crippen LogP contribution in [0.3, 0.4) is 0 Å². The van der Waals surface area contributed by atoms with Crippen LogP contribution in [0.15, 0.2) is 42.5 Å². The Balaban J connectivity index is 2.39. The summed E-state index contributed by atoms with van der Waals surface area (Å²) in [6, 6.07) is 13.3. The zero-order valence-electron chi connectivity index (χ0n) is 9.88. The van der Waals surface area contributed by atoms with Gasteiger partial charge in [-0.25, -0.2) is 4.98 Å². The smallest absolute Gasteiger partial charge is 0.152 e. The number of benzene rings is 2. The molecule has 88 valence electrons. The lowest BCUT2D eigenvalue weighted by atomic mass is 10.1. The summed E-state index contributed by atoms with van der Waals surface area (Å²) in [5.41, 5.74) is 2.22. The van der Waals surface area contributed by atoms with Gasteiger partial charge in [-0.3, -0.25) is 4.79 Å². The Bertz CT molecular complexity index is 750. The molecule has 0 saturated heterocycles. The first-order chi connectivity index (χ1) is 8.81. The maximum absolute atomic E-state index is 11.0. The summed E-state index contributed by atoms with van der Waals surface area (Å²) in [7, 11) is 1.64. The van der Waals surface area contributed by atoms with E-state index in [2.05, 4.69) is 4.98 Å². The molecule has 0 bridgehead atoms. The number of hydrogen-bond donors (Lipinski definition) is 0. The molecule has 0 radical (unpaired) electrons. The second kappa shape index (κ2) is 4.11. The molecule has 0 spiro atoms. The molecule has 0 unspecified atom stereocenters. The molecule has 0 N–H and O–H groups in total. The molecule has 0 fully saturated rings. The first-order valence-corrected chi connectivity index (χ1v) is 5.64. The van der Waals surface area contributed by atoms with Crippen LogP contribution in [0.2, 0.25) is 0 Å². The van der Waals surface area contributed by atoms with Gasteiger partial charge in [0.15, 0.2) is 6.29 Å². The highest BCUT2D eigenvalue weighted by Gasteiger charge is 2.04. The summed E-state index contributed by atoms with van der Waals surface area (Å²) in [5, 5.41) is 1.96. The van der Waals surface area contributed by atoms with Crippen molar-refractivity contribution < 1.29 is 9.53 Å². The number of rotatable bonds is 2. The van der Waals surface area contributed by atoms with Crippen molar-refractivity contribution in [3.05, 3.63) is 48.0 Å². The number of aldehydes is 1. The maximum Gasteiger partial charge on any atom is 0.152 e. The van der Waals surface area contributed by atoms with Crippen LogP contribution in [-0.2, 0) is 0 Å². The molecule has 2 aromatic carbocycles. The van der Waals surface area contributed by atoms with Crippen molar-refractivity contribution in [2.24, 2.45) is 0 Å². The van der Waals surface area contributed by atoms with Gasteiger partial charge in [0, 0.05) is 16.3 Å². The third-order valence-electron chi connectivity index (χ3n) is 3.00. The second-order valence-electron chi connectivity index (χ2n) is 4.08. The predicted molar refractivity (Wildman–Crippen MR) is 71.2 cm³/mol. The summed E-state index contributed by atoms with van der Waals surface area (Å²) in [6.07, 6.45) is 0.838. The van der Waals surface area contributed by atoms with Gasteiger partial charge in [-0.15, -0.1) is 0 Å². The molecular weight excluding hydrogens is 226 g/mol. The third kappa shape index (κ3) is 1.61. The van der Waals surface area contributed by atoms with Gasteiger partial charge >= 0.3 is 0 Å². The molecule has 0 aliphatic carbocycles. The predicted octanol–water partition coefficient (Wildman–Crippen LogP) is 3.21. The second-order valence-corrected chi connectivity index (χ2v) is 4.08. The molecule has 0 saturated carbocycles. The van der Waals surface area contributed by atoms with Gasteiger partial charge in [-0.1, -0.05) is 12.1 Å². The molecule has 3 nitrogen and oxygen atoms in total.